The standard InChI is InChI=1S/C24H23N3O2S2/c1-3-11-26(14-19-5-4-13-30-19)21(28)10-12-27-16-25-23-22(24(27)29)20(15-31-23)18-8-6-17(2)7-9-18/h3-9,13,15-16H,1,10-12,14H2,2H3. The van der Waals surface area contributed by atoms with Gasteiger partial charge in [-0.2, -0.15) is 0 Å². The second-order valence-corrected chi connectivity index (χ2v) is 9.22. The van der Waals surface area contributed by atoms with Crippen LogP contribution in [-0.2, 0) is 17.9 Å². The molecule has 1 amide bonds. The number of amides is 1. The fourth-order valence-electron chi connectivity index (χ4n) is 3.45. The Morgan fingerprint density at radius 1 is 1.23 bits per heavy atom. The van der Waals surface area contributed by atoms with Crippen LogP contribution in [-0.4, -0.2) is 26.9 Å². The molecule has 0 unspecified atom stereocenters. The molecule has 0 saturated carbocycles. The molecule has 3 heterocycles. The Kier molecular flexibility index (Phi) is 6.44. The number of hydrogen-bond acceptors (Lipinski definition) is 5. The van der Waals surface area contributed by atoms with Gasteiger partial charge in [-0.25, -0.2) is 4.98 Å². The quantitative estimate of drug-likeness (QED) is 0.352. The van der Waals surface area contributed by atoms with E-state index in [2.05, 4.69) is 11.6 Å². The summed E-state index contributed by atoms with van der Waals surface area (Å²) in [5.74, 6) is -0.00984. The number of carbonyl (C=O) groups excluding carboxylic acids is 1. The van der Waals surface area contributed by atoms with Crippen molar-refractivity contribution in [1.82, 2.24) is 14.5 Å². The predicted octanol–water partition coefficient (Wildman–Crippen LogP) is 5.10. The van der Waals surface area contributed by atoms with Gasteiger partial charge in [0.15, 0.2) is 0 Å². The molecule has 31 heavy (non-hydrogen) atoms. The first-order chi connectivity index (χ1) is 15.1. The van der Waals surface area contributed by atoms with Gasteiger partial charge < -0.3 is 4.90 Å². The fraction of sp³-hybridized carbons (Fsp3) is 0.208. The molecule has 0 aliphatic rings. The molecule has 0 aliphatic heterocycles. The van der Waals surface area contributed by atoms with Crippen molar-refractivity contribution in [2.24, 2.45) is 0 Å². The van der Waals surface area contributed by atoms with Crippen molar-refractivity contribution >= 4 is 38.8 Å². The first-order valence-electron chi connectivity index (χ1n) is 10.0. The number of rotatable bonds is 8. The summed E-state index contributed by atoms with van der Waals surface area (Å²) in [6.07, 6.45) is 3.51. The zero-order valence-corrected chi connectivity index (χ0v) is 18.9. The summed E-state index contributed by atoms with van der Waals surface area (Å²) >= 11 is 3.09. The molecule has 7 heteroatoms. The van der Waals surface area contributed by atoms with Crippen molar-refractivity contribution in [3.8, 4) is 11.1 Å². The van der Waals surface area contributed by atoms with Gasteiger partial charge in [-0.15, -0.1) is 29.3 Å². The topological polar surface area (TPSA) is 55.2 Å². The first kappa shape index (κ1) is 21.2. The van der Waals surface area contributed by atoms with Crippen molar-refractivity contribution in [1.29, 1.82) is 0 Å². The van der Waals surface area contributed by atoms with Gasteiger partial charge in [0.2, 0.25) is 5.91 Å². The Bertz CT molecular complexity index is 1250. The summed E-state index contributed by atoms with van der Waals surface area (Å²) in [6.45, 7) is 7.12. The largest absolute Gasteiger partial charge is 0.334 e. The fourth-order valence-corrected chi connectivity index (χ4v) is 5.07. The Labute approximate surface area is 188 Å². The molecule has 4 rings (SSSR count). The normalized spacial score (nSPS) is 11.0. The average molecular weight is 450 g/mol. The van der Waals surface area contributed by atoms with E-state index in [-0.39, 0.29) is 17.9 Å². The number of nitrogens with zero attached hydrogens (tertiary/aromatic N) is 3. The first-order valence-corrected chi connectivity index (χ1v) is 11.8. The molecule has 5 nitrogen and oxygen atoms in total. The highest BCUT2D eigenvalue weighted by Crippen LogP contribution is 2.30. The number of thiophene rings is 2. The molecule has 0 saturated heterocycles. The molecule has 4 aromatic rings. The predicted molar refractivity (Wildman–Crippen MR) is 129 cm³/mol. The molecule has 0 N–H and O–H groups in total. The highest BCUT2D eigenvalue weighted by atomic mass is 32.1. The molecule has 0 radical (unpaired) electrons. The van der Waals surface area contributed by atoms with E-state index in [1.807, 2.05) is 54.1 Å². The van der Waals surface area contributed by atoms with Crippen LogP contribution in [0.4, 0.5) is 0 Å². The van der Waals surface area contributed by atoms with E-state index < -0.39 is 0 Å². The number of benzene rings is 1. The van der Waals surface area contributed by atoms with Crippen molar-refractivity contribution < 1.29 is 4.79 Å². The second-order valence-electron chi connectivity index (χ2n) is 7.33. The number of carbonyl (C=O) groups is 1. The number of hydrogen-bond donors (Lipinski definition) is 0. The third-order valence-corrected chi connectivity index (χ3v) is 6.87. The zero-order chi connectivity index (χ0) is 21.8. The van der Waals surface area contributed by atoms with E-state index in [0.29, 0.717) is 29.9 Å². The maximum atomic E-state index is 13.2. The summed E-state index contributed by atoms with van der Waals surface area (Å²) in [6, 6.07) is 12.1. The molecule has 0 bridgehead atoms. The zero-order valence-electron chi connectivity index (χ0n) is 17.3. The minimum absolute atomic E-state index is 0.00984. The van der Waals surface area contributed by atoms with Crippen LogP contribution in [0.15, 0.2) is 70.9 Å². The van der Waals surface area contributed by atoms with Crippen LogP contribution < -0.4 is 5.56 Å². The third-order valence-electron chi connectivity index (χ3n) is 5.12. The Morgan fingerprint density at radius 2 is 2.03 bits per heavy atom. The van der Waals surface area contributed by atoms with Gasteiger partial charge in [0, 0.05) is 35.3 Å². The van der Waals surface area contributed by atoms with Crippen LogP contribution in [0, 0.1) is 6.92 Å². The van der Waals surface area contributed by atoms with Crippen LogP contribution in [0.1, 0.15) is 16.9 Å². The molecule has 0 atom stereocenters. The van der Waals surface area contributed by atoms with E-state index in [4.69, 9.17) is 0 Å². The van der Waals surface area contributed by atoms with Crippen molar-refractivity contribution in [2.75, 3.05) is 6.54 Å². The van der Waals surface area contributed by atoms with Gasteiger partial charge in [-0.3, -0.25) is 14.2 Å². The molecule has 1 aromatic carbocycles. The highest BCUT2D eigenvalue weighted by molar-refractivity contribution is 7.17. The summed E-state index contributed by atoms with van der Waals surface area (Å²) in [5, 5.41) is 4.59. The van der Waals surface area contributed by atoms with Crippen LogP contribution in [0.3, 0.4) is 0 Å². The maximum absolute atomic E-state index is 13.2. The van der Waals surface area contributed by atoms with Crippen LogP contribution in [0.5, 0.6) is 0 Å². The summed E-state index contributed by atoms with van der Waals surface area (Å²) in [4.78, 5) is 34.1. The van der Waals surface area contributed by atoms with E-state index in [0.717, 1.165) is 16.0 Å². The van der Waals surface area contributed by atoms with Gasteiger partial charge in [0.25, 0.3) is 5.56 Å². The number of fused-ring (bicyclic) bond motifs is 1. The van der Waals surface area contributed by atoms with Gasteiger partial charge in [-0.05, 0) is 23.9 Å². The Hall–Kier alpha value is -3.03. The van der Waals surface area contributed by atoms with Crippen LogP contribution >= 0.6 is 22.7 Å². The molecular weight excluding hydrogens is 426 g/mol. The second kappa shape index (κ2) is 9.41. The number of aryl methyl sites for hydroxylation is 2. The molecular formula is C24H23N3O2S2. The minimum Gasteiger partial charge on any atom is -0.334 e. The minimum atomic E-state index is -0.108. The SMILES string of the molecule is C=CCN(Cc1cccs1)C(=O)CCn1cnc2scc(-c3ccc(C)cc3)c2c1=O. The van der Waals surface area contributed by atoms with Gasteiger partial charge in [-0.1, -0.05) is 42.0 Å². The summed E-state index contributed by atoms with van der Waals surface area (Å²) in [5.41, 5.74) is 2.95. The van der Waals surface area contributed by atoms with Crippen molar-refractivity contribution in [2.45, 2.75) is 26.4 Å². The monoisotopic (exact) mass is 449 g/mol. The maximum Gasteiger partial charge on any atom is 0.262 e. The molecule has 0 fully saturated rings. The molecule has 3 aromatic heterocycles. The lowest BCUT2D eigenvalue weighted by atomic mass is 10.1. The Balaban J connectivity index is 1.55. The lowest BCUT2D eigenvalue weighted by molar-refractivity contribution is -0.131. The molecule has 0 aliphatic carbocycles. The molecule has 0 spiro atoms. The number of aromatic nitrogens is 2. The van der Waals surface area contributed by atoms with Crippen molar-refractivity contribution in [3.05, 3.63) is 86.9 Å². The highest BCUT2D eigenvalue weighted by Gasteiger charge is 2.16. The Morgan fingerprint density at radius 3 is 2.74 bits per heavy atom. The smallest absolute Gasteiger partial charge is 0.262 e. The summed E-state index contributed by atoms with van der Waals surface area (Å²) < 4.78 is 1.54. The van der Waals surface area contributed by atoms with E-state index in [1.54, 1.807) is 33.2 Å². The van der Waals surface area contributed by atoms with E-state index in [9.17, 15) is 9.59 Å². The average Bonchev–Trinajstić information content (AvgIpc) is 3.43. The van der Waals surface area contributed by atoms with Gasteiger partial charge >= 0.3 is 0 Å². The van der Waals surface area contributed by atoms with E-state index >= 15 is 0 Å². The van der Waals surface area contributed by atoms with Crippen molar-refractivity contribution in [3.63, 3.8) is 0 Å². The van der Waals surface area contributed by atoms with Crippen LogP contribution in [0.2, 0.25) is 0 Å². The lowest BCUT2D eigenvalue weighted by Crippen LogP contribution is -2.32. The third kappa shape index (κ3) is 4.68. The van der Waals surface area contributed by atoms with Gasteiger partial charge in [0.05, 0.1) is 18.3 Å². The lowest BCUT2D eigenvalue weighted by Gasteiger charge is -2.20. The van der Waals surface area contributed by atoms with E-state index in [1.165, 1.54) is 16.9 Å². The summed E-state index contributed by atoms with van der Waals surface area (Å²) in [7, 11) is 0. The molecule has 158 valence electrons. The van der Waals surface area contributed by atoms with Crippen LogP contribution in [0.25, 0.3) is 21.3 Å². The van der Waals surface area contributed by atoms with Gasteiger partial charge in [0.1, 0.15) is 4.83 Å².